The maximum absolute atomic E-state index is 12.9. The quantitative estimate of drug-likeness (QED) is 0.0323. The van der Waals surface area contributed by atoms with Gasteiger partial charge in [0.25, 0.3) is 0 Å². The van der Waals surface area contributed by atoms with E-state index in [0.29, 0.717) is 23.9 Å². The molecular weight excluding hydrogens is 695 g/mol. The number of phosphoric ester groups is 1. The molecule has 0 spiro atoms. The van der Waals surface area contributed by atoms with Gasteiger partial charge in [-0.05, 0) is 12.8 Å². The number of likely N-dealkylation sites (N-methyl/N-ethyl adjacent to an activating group) is 1. The third kappa shape index (κ3) is 39.7. The van der Waals surface area contributed by atoms with Crippen molar-refractivity contribution in [3.05, 3.63) is 0 Å². The van der Waals surface area contributed by atoms with Crippen LogP contribution in [0.15, 0.2) is 0 Å². The van der Waals surface area contributed by atoms with E-state index >= 15 is 0 Å². The lowest BCUT2D eigenvalue weighted by atomic mass is 10.0. The summed E-state index contributed by atoms with van der Waals surface area (Å²) in [6.45, 7) is 4.91. The van der Waals surface area contributed by atoms with Crippen molar-refractivity contribution in [1.29, 1.82) is 0 Å². The molecule has 324 valence electrons. The summed E-state index contributed by atoms with van der Waals surface area (Å²) in [5.41, 5.74) is 0. The Balaban J connectivity index is 4.28. The molecule has 8 nitrogen and oxygen atoms in total. The number of hydrogen-bond donors (Lipinski definition) is 3. The third-order valence-electron chi connectivity index (χ3n) is 10.9. The minimum absolute atomic E-state index is 0.0786. The molecule has 3 atom stereocenters. The second-order valence-corrected chi connectivity index (χ2v) is 19.0. The van der Waals surface area contributed by atoms with Gasteiger partial charge in [-0.25, -0.2) is 4.57 Å². The molecule has 0 aliphatic heterocycles. The van der Waals surface area contributed by atoms with Crippen LogP contribution in [0.4, 0.5) is 0 Å². The van der Waals surface area contributed by atoms with Crippen molar-refractivity contribution >= 4 is 13.7 Å². The van der Waals surface area contributed by atoms with E-state index < -0.39 is 20.0 Å². The van der Waals surface area contributed by atoms with Gasteiger partial charge in [0.15, 0.2) is 0 Å². The van der Waals surface area contributed by atoms with Crippen LogP contribution in [0.3, 0.4) is 0 Å². The van der Waals surface area contributed by atoms with Crippen molar-refractivity contribution in [2.24, 2.45) is 0 Å². The van der Waals surface area contributed by atoms with Crippen LogP contribution in [0.1, 0.15) is 232 Å². The summed E-state index contributed by atoms with van der Waals surface area (Å²) in [6, 6.07) is -0.752. The first kappa shape index (κ1) is 53.5. The van der Waals surface area contributed by atoms with Crippen molar-refractivity contribution in [1.82, 2.24) is 5.32 Å². The zero-order valence-corrected chi connectivity index (χ0v) is 37.6. The van der Waals surface area contributed by atoms with E-state index in [1.54, 1.807) is 0 Å². The lowest BCUT2D eigenvalue weighted by Crippen LogP contribution is -2.46. The van der Waals surface area contributed by atoms with E-state index in [9.17, 15) is 19.4 Å². The standard InChI is InChI=1S/C45H93N2O6P/c1-6-8-10-12-14-16-18-20-22-23-24-25-27-29-31-33-35-37-39-45(49)46-43(42-53-54(50,51)52-41-40-47(3,4)5)44(48)38-36-34-32-30-28-26-21-19-17-15-13-11-9-7-2/h43-44,48H,6-42H2,1-5H3,(H-,46,49,50,51)/p+1/t43-,44+/m0/s1. The molecule has 0 saturated heterocycles. The Morgan fingerprint density at radius 1 is 0.556 bits per heavy atom. The average molecular weight is 790 g/mol. The molecular formula is C45H94N2O6P+. The molecule has 0 aromatic rings. The number of rotatable bonds is 43. The number of hydrogen-bond acceptors (Lipinski definition) is 5. The summed E-state index contributed by atoms with van der Waals surface area (Å²) in [6.07, 6.45) is 41.2. The van der Waals surface area contributed by atoms with Crippen LogP contribution >= 0.6 is 7.82 Å². The number of aliphatic hydroxyl groups excluding tert-OH is 1. The number of carbonyl (C=O) groups is 1. The molecule has 0 rings (SSSR count). The van der Waals surface area contributed by atoms with Gasteiger partial charge in [0.1, 0.15) is 13.2 Å². The maximum atomic E-state index is 12.9. The molecule has 9 heteroatoms. The molecule has 1 unspecified atom stereocenters. The van der Waals surface area contributed by atoms with Crippen molar-refractivity contribution in [3.8, 4) is 0 Å². The maximum Gasteiger partial charge on any atom is 0.472 e. The average Bonchev–Trinajstić information content (AvgIpc) is 3.12. The van der Waals surface area contributed by atoms with Crippen LogP contribution in [-0.4, -0.2) is 73.4 Å². The van der Waals surface area contributed by atoms with Crippen LogP contribution in [0.2, 0.25) is 0 Å². The molecule has 0 aromatic heterocycles. The van der Waals surface area contributed by atoms with E-state index in [0.717, 1.165) is 38.5 Å². The monoisotopic (exact) mass is 790 g/mol. The fourth-order valence-corrected chi connectivity index (χ4v) is 7.84. The summed E-state index contributed by atoms with van der Waals surface area (Å²) in [5, 5.41) is 14.0. The number of quaternary nitrogens is 1. The highest BCUT2D eigenvalue weighted by Crippen LogP contribution is 2.43. The molecule has 3 N–H and O–H groups in total. The molecule has 0 saturated carbocycles. The second-order valence-electron chi connectivity index (χ2n) is 17.5. The topological polar surface area (TPSA) is 105 Å². The molecule has 0 radical (unpaired) electrons. The lowest BCUT2D eigenvalue weighted by Gasteiger charge is -2.26. The highest BCUT2D eigenvalue weighted by atomic mass is 31.2. The van der Waals surface area contributed by atoms with Gasteiger partial charge in [0.2, 0.25) is 5.91 Å². The first-order chi connectivity index (χ1) is 26.0. The SMILES string of the molecule is CCCCCCCCCCCCCCCCCCCCC(=O)N[C@@H](COP(=O)(O)OCC[N+](C)(C)C)[C@H](O)CCCCCCCCCCCCCCCC. The number of phosphoric acid groups is 1. The van der Waals surface area contributed by atoms with Gasteiger partial charge in [-0.1, -0.05) is 213 Å². The van der Waals surface area contributed by atoms with Gasteiger partial charge in [0, 0.05) is 6.42 Å². The summed E-state index contributed by atoms with van der Waals surface area (Å²) < 4.78 is 23.6. The van der Waals surface area contributed by atoms with Crippen LogP contribution in [0, 0.1) is 0 Å². The van der Waals surface area contributed by atoms with Crippen molar-refractivity contribution in [3.63, 3.8) is 0 Å². The Bertz CT molecular complexity index is 855. The summed E-state index contributed by atoms with van der Waals surface area (Å²) in [5.74, 6) is -0.140. The number of nitrogens with zero attached hydrogens (tertiary/aromatic N) is 1. The fourth-order valence-electron chi connectivity index (χ4n) is 7.11. The molecule has 0 aliphatic carbocycles. The minimum atomic E-state index is -4.31. The Kier molecular flexibility index (Phi) is 37.7. The molecule has 1 amide bonds. The normalized spacial score (nSPS) is 14.3. The van der Waals surface area contributed by atoms with Crippen LogP contribution in [0.5, 0.6) is 0 Å². The zero-order valence-electron chi connectivity index (χ0n) is 36.7. The molecule has 54 heavy (non-hydrogen) atoms. The Hall–Kier alpha value is -0.500. The Labute approximate surface area is 336 Å². The summed E-state index contributed by atoms with van der Waals surface area (Å²) in [7, 11) is 1.63. The molecule has 0 aromatic carbocycles. The van der Waals surface area contributed by atoms with Crippen LogP contribution in [0.25, 0.3) is 0 Å². The van der Waals surface area contributed by atoms with E-state index in [4.69, 9.17) is 9.05 Å². The Morgan fingerprint density at radius 2 is 0.889 bits per heavy atom. The zero-order chi connectivity index (χ0) is 40.0. The highest BCUT2D eigenvalue weighted by Gasteiger charge is 2.28. The van der Waals surface area contributed by atoms with E-state index in [1.807, 2.05) is 21.1 Å². The van der Waals surface area contributed by atoms with Gasteiger partial charge < -0.3 is 19.8 Å². The molecule has 0 bridgehead atoms. The van der Waals surface area contributed by atoms with Crippen molar-refractivity contribution in [2.45, 2.75) is 244 Å². The van der Waals surface area contributed by atoms with Gasteiger partial charge in [-0.15, -0.1) is 0 Å². The highest BCUT2D eigenvalue weighted by molar-refractivity contribution is 7.47. The predicted octanol–water partition coefficient (Wildman–Crippen LogP) is 13.0. The number of aliphatic hydroxyl groups is 1. The van der Waals surface area contributed by atoms with Crippen molar-refractivity contribution in [2.75, 3.05) is 40.9 Å². The van der Waals surface area contributed by atoms with Crippen molar-refractivity contribution < 1.29 is 32.9 Å². The van der Waals surface area contributed by atoms with E-state index in [-0.39, 0.29) is 19.1 Å². The van der Waals surface area contributed by atoms with Crippen LogP contribution < -0.4 is 5.32 Å². The number of amides is 1. The summed E-state index contributed by atoms with van der Waals surface area (Å²) in [4.78, 5) is 23.2. The third-order valence-corrected chi connectivity index (χ3v) is 11.8. The molecule has 0 fully saturated rings. The second kappa shape index (κ2) is 38.0. The minimum Gasteiger partial charge on any atom is -0.391 e. The van der Waals surface area contributed by atoms with E-state index in [1.165, 1.54) is 167 Å². The number of carbonyl (C=O) groups excluding carboxylic acids is 1. The van der Waals surface area contributed by atoms with Gasteiger partial charge in [-0.3, -0.25) is 13.8 Å². The van der Waals surface area contributed by atoms with Gasteiger partial charge in [0.05, 0.1) is 39.9 Å². The largest absolute Gasteiger partial charge is 0.472 e. The number of nitrogens with one attached hydrogen (secondary N) is 1. The Morgan fingerprint density at radius 3 is 1.24 bits per heavy atom. The van der Waals surface area contributed by atoms with Gasteiger partial charge >= 0.3 is 7.82 Å². The summed E-state index contributed by atoms with van der Waals surface area (Å²) >= 11 is 0. The molecule has 0 aliphatic rings. The molecule has 0 heterocycles. The smallest absolute Gasteiger partial charge is 0.391 e. The lowest BCUT2D eigenvalue weighted by molar-refractivity contribution is -0.870. The number of unbranched alkanes of at least 4 members (excludes halogenated alkanes) is 30. The van der Waals surface area contributed by atoms with E-state index in [2.05, 4.69) is 19.2 Å². The van der Waals surface area contributed by atoms with Gasteiger partial charge in [-0.2, -0.15) is 0 Å². The first-order valence-corrected chi connectivity index (χ1v) is 24.9. The van der Waals surface area contributed by atoms with Crippen LogP contribution in [-0.2, 0) is 18.4 Å². The fraction of sp³-hybridized carbons (Fsp3) is 0.978. The first-order valence-electron chi connectivity index (χ1n) is 23.4. The predicted molar refractivity (Wildman–Crippen MR) is 231 cm³/mol.